The first-order chi connectivity index (χ1) is 7.78. The molecule has 0 aromatic carbocycles. The van der Waals surface area contributed by atoms with Gasteiger partial charge in [-0.05, 0) is 29.4 Å². The van der Waals surface area contributed by atoms with E-state index >= 15 is 0 Å². The largest absolute Gasteiger partial charge is 0.467 e. The number of nitrogens with zero attached hydrogens (tertiary/aromatic N) is 5. The molecule has 0 aliphatic heterocycles. The van der Waals surface area contributed by atoms with E-state index in [4.69, 9.17) is 16.3 Å². The molecule has 0 radical (unpaired) electrons. The Morgan fingerprint density at radius 2 is 2.19 bits per heavy atom. The van der Waals surface area contributed by atoms with Crippen molar-refractivity contribution in [1.29, 1.82) is 0 Å². The average Bonchev–Trinajstić information content (AvgIpc) is 2.29. The second kappa shape index (κ2) is 5.04. The van der Waals surface area contributed by atoms with E-state index in [1.54, 1.807) is 12.3 Å². The molecule has 2 rings (SSSR count). The lowest BCUT2D eigenvalue weighted by atomic mass is 10.7. The Morgan fingerprint density at radius 3 is 2.88 bits per heavy atom. The van der Waals surface area contributed by atoms with Crippen molar-refractivity contribution in [2.45, 2.75) is 10.2 Å². The number of hydrogen-bond donors (Lipinski definition) is 0. The van der Waals surface area contributed by atoms with Crippen molar-refractivity contribution in [2.24, 2.45) is 0 Å². The maximum Gasteiger partial charge on any atom is 0.321 e. The molecule has 0 bridgehead atoms. The van der Waals surface area contributed by atoms with Gasteiger partial charge in [-0.15, -0.1) is 0 Å². The summed E-state index contributed by atoms with van der Waals surface area (Å²) < 4.78 is 4.88. The molecule has 0 aliphatic carbocycles. The Hall–Kier alpha value is -1.47. The van der Waals surface area contributed by atoms with E-state index in [9.17, 15) is 0 Å². The van der Waals surface area contributed by atoms with Crippen LogP contribution in [0, 0.1) is 0 Å². The fourth-order valence-corrected chi connectivity index (χ4v) is 1.76. The Kier molecular flexibility index (Phi) is 3.47. The summed E-state index contributed by atoms with van der Waals surface area (Å²) in [5.74, 6) is 0. The van der Waals surface area contributed by atoms with Crippen LogP contribution >= 0.6 is 23.4 Å². The Morgan fingerprint density at radius 1 is 1.31 bits per heavy atom. The summed E-state index contributed by atoms with van der Waals surface area (Å²) in [6.07, 6.45) is 3.08. The summed E-state index contributed by atoms with van der Waals surface area (Å²) in [7, 11) is 1.46. The van der Waals surface area contributed by atoms with E-state index < -0.39 is 0 Å². The fraction of sp³-hybridized carbons (Fsp3) is 0.125. The van der Waals surface area contributed by atoms with Crippen LogP contribution in [0.1, 0.15) is 0 Å². The number of halogens is 1. The van der Waals surface area contributed by atoms with Gasteiger partial charge < -0.3 is 4.74 Å². The van der Waals surface area contributed by atoms with Gasteiger partial charge in [-0.3, -0.25) is 0 Å². The predicted molar refractivity (Wildman–Crippen MR) is 57.5 cm³/mol. The van der Waals surface area contributed by atoms with Gasteiger partial charge in [0.25, 0.3) is 0 Å². The predicted octanol–water partition coefficient (Wildman–Crippen LogP) is 1.47. The van der Waals surface area contributed by atoms with Gasteiger partial charge in [0.05, 0.1) is 7.11 Å². The quantitative estimate of drug-likeness (QED) is 0.769. The minimum absolute atomic E-state index is 0.0865. The summed E-state index contributed by atoms with van der Waals surface area (Å²) in [6, 6.07) is 1.92. The van der Waals surface area contributed by atoms with Crippen molar-refractivity contribution in [2.75, 3.05) is 7.11 Å². The van der Waals surface area contributed by atoms with E-state index in [1.165, 1.54) is 25.2 Å². The molecular formula is C8H6ClN5OS. The van der Waals surface area contributed by atoms with E-state index in [1.807, 2.05) is 0 Å². The molecule has 6 nitrogen and oxygen atoms in total. The first kappa shape index (κ1) is 11.0. The average molecular weight is 256 g/mol. The molecular weight excluding hydrogens is 250 g/mol. The van der Waals surface area contributed by atoms with Crippen molar-refractivity contribution in [3.8, 4) is 6.01 Å². The van der Waals surface area contributed by atoms with Crippen molar-refractivity contribution in [3.05, 3.63) is 23.9 Å². The van der Waals surface area contributed by atoms with E-state index in [-0.39, 0.29) is 11.3 Å². The number of hydrogen-bond acceptors (Lipinski definition) is 7. The summed E-state index contributed by atoms with van der Waals surface area (Å²) in [5.41, 5.74) is 0. The lowest BCUT2D eigenvalue weighted by Gasteiger charge is -2.01. The maximum atomic E-state index is 5.71. The van der Waals surface area contributed by atoms with Crippen molar-refractivity contribution >= 4 is 23.4 Å². The van der Waals surface area contributed by atoms with Gasteiger partial charge in [0.15, 0.2) is 0 Å². The highest BCUT2D eigenvalue weighted by atomic mass is 35.5. The third kappa shape index (κ3) is 2.77. The van der Waals surface area contributed by atoms with Crippen molar-refractivity contribution < 1.29 is 4.74 Å². The molecule has 0 fully saturated rings. The Labute approximate surface area is 100 Å². The number of aromatic nitrogens is 5. The van der Waals surface area contributed by atoms with Crippen LogP contribution in [-0.4, -0.2) is 32.0 Å². The molecule has 0 unspecified atom stereocenters. The van der Waals surface area contributed by atoms with Gasteiger partial charge in [-0.1, -0.05) is 0 Å². The molecule has 0 atom stereocenters. The molecule has 0 N–H and O–H groups in total. The van der Waals surface area contributed by atoms with Crippen molar-refractivity contribution in [1.82, 2.24) is 24.9 Å². The summed E-state index contributed by atoms with van der Waals surface area (Å²) in [6.45, 7) is 0. The third-order valence-corrected chi connectivity index (χ3v) is 2.49. The van der Waals surface area contributed by atoms with E-state index in [0.29, 0.717) is 5.16 Å². The van der Waals surface area contributed by atoms with E-state index in [2.05, 4.69) is 24.9 Å². The van der Waals surface area contributed by atoms with Crippen LogP contribution in [0.4, 0.5) is 0 Å². The van der Waals surface area contributed by atoms with Gasteiger partial charge in [0, 0.05) is 6.20 Å². The van der Waals surface area contributed by atoms with Crippen molar-refractivity contribution in [3.63, 3.8) is 0 Å². The normalized spacial score (nSPS) is 10.1. The van der Waals surface area contributed by atoms with Gasteiger partial charge in [0.2, 0.25) is 10.4 Å². The van der Waals surface area contributed by atoms with Gasteiger partial charge in [-0.25, -0.2) is 9.97 Å². The van der Waals surface area contributed by atoms with Gasteiger partial charge >= 0.3 is 6.01 Å². The number of ether oxygens (including phenoxy) is 1. The molecule has 2 heterocycles. The highest BCUT2D eigenvalue weighted by molar-refractivity contribution is 7.99. The Bertz CT molecular complexity index is 483. The summed E-state index contributed by atoms with van der Waals surface area (Å²) in [5, 5.41) is 1.23. The van der Waals surface area contributed by atoms with Crippen LogP contribution in [0.2, 0.25) is 5.28 Å². The molecule has 2 aromatic rings. The van der Waals surface area contributed by atoms with Crippen LogP contribution in [-0.2, 0) is 0 Å². The first-order valence-corrected chi connectivity index (χ1v) is 5.37. The second-order valence-corrected chi connectivity index (χ2v) is 3.85. The second-order valence-electron chi connectivity index (χ2n) is 2.52. The van der Waals surface area contributed by atoms with Gasteiger partial charge in [0.1, 0.15) is 11.4 Å². The Balaban J connectivity index is 2.24. The highest BCUT2D eigenvalue weighted by Gasteiger charge is 2.07. The third-order valence-electron chi connectivity index (χ3n) is 1.50. The monoisotopic (exact) mass is 255 g/mol. The van der Waals surface area contributed by atoms with E-state index in [0.717, 1.165) is 5.03 Å². The molecule has 82 valence electrons. The van der Waals surface area contributed by atoms with Crippen LogP contribution in [0.15, 0.2) is 28.8 Å². The zero-order valence-corrected chi connectivity index (χ0v) is 9.74. The molecule has 8 heteroatoms. The van der Waals surface area contributed by atoms with Crippen LogP contribution < -0.4 is 4.74 Å². The van der Waals surface area contributed by atoms with Crippen LogP contribution in [0.25, 0.3) is 0 Å². The lowest BCUT2D eigenvalue weighted by molar-refractivity contribution is 0.373. The minimum Gasteiger partial charge on any atom is -0.467 e. The summed E-state index contributed by atoms with van der Waals surface area (Å²) >= 11 is 6.96. The molecule has 0 aliphatic rings. The number of rotatable bonds is 3. The topological polar surface area (TPSA) is 73.7 Å². The SMILES string of the molecule is COc1nc(Cl)nc(Sc2ccncn2)n1. The molecule has 16 heavy (non-hydrogen) atoms. The zero-order valence-electron chi connectivity index (χ0n) is 8.16. The number of methoxy groups -OCH3 is 1. The standard InChI is InChI=1S/C8H6ClN5OS/c1-15-7-12-6(9)13-8(14-7)16-5-2-3-10-4-11-5/h2-4H,1H3. The molecule has 0 saturated heterocycles. The minimum atomic E-state index is 0.0865. The highest BCUT2D eigenvalue weighted by Crippen LogP contribution is 2.23. The molecule has 0 saturated carbocycles. The smallest absolute Gasteiger partial charge is 0.321 e. The molecule has 2 aromatic heterocycles. The van der Waals surface area contributed by atoms with Gasteiger partial charge in [-0.2, -0.15) is 15.0 Å². The fourth-order valence-electron chi connectivity index (χ4n) is 0.884. The molecule has 0 spiro atoms. The lowest BCUT2D eigenvalue weighted by Crippen LogP contribution is -1.97. The zero-order chi connectivity index (χ0) is 11.4. The summed E-state index contributed by atoms with van der Waals surface area (Å²) in [4.78, 5) is 19.6. The molecule has 0 amide bonds. The first-order valence-electron chi connectivity index (χ1n) is 4.17. The van der Waals surface area contributed by atoms with Crippen LogP contribution in [0.3, 0.4) is 0 Å². The maximum absolute atomic E-state index is 5.71. The van der Waals surface area contributed by atoms with Crippen LogP contribution in [0.5, 0.6) is 6.01 Å².